The zero-order chi connectivity index (χ0) is 21.3. The number of carbonyl (C=O) groups is 1. The quantitative estimate of drug-likeness (QED) is 0.436. The van der Waals surface area contributed by atoms with Gasteiger partial charge in [0.2, 0.25) is 5.91 Å². The van der Waals surface area contributed by atoms with E-state index in [4.69, 9.17) is 4.42 Å². The first kappa shape index (κ1) is 20.3. The van der Waals surface area contributed by atoms with Gasteiger partial charge in [-0.1, -0.05) is 0 Å². The minimum absolute atomic E-state index is 0.00180. The van der Waals surface area contributed by atoms with Crippen LogP contribution in [0, 0.1) is 11.6 Å². The van der Waals surface area contributed by atoms with Gasteiger partial charge in [-0.2, -0.15) is 0 Å². The van der Waals surface area contributed by atoms with Crippen LogP contribution in [0.3, 0.4) is 0 Å². The lowest BCUT2D eigenvalue weighted by Gasteiger charge is -2.11. The van der Waals surface area contributed by atoms with E-state index in [1.54, 1.807) is 12.1 Å². The van der Waals surface area contributed by atoms with Crippen molar-refractivity contribution in [3.63, 3.8) is 0 Å². The number of benzene rings is 1. The molecule has 0 aliphatic rings. The second kappa shape index (κ2) is 8.41. The number of fused-ring (bicyclic) bond motifs is 1. The summed E-state index contributed by atoms with van der Waals surface area (Å²) >= 11 is 2.57. The Hall–Kier alpha value is -2.98. The van der Waals surface area contributed by atoms with Crippen LogP contribution in [-0.4, -0.2) is 21.6 Å². The van der Waals surface area contributed by atoms with Gasteiger partial charge < -0.3 is 14.7 Å². The molecule has 1 unspecified atom stereocenters. The number of nitrogens with one attached hydrogen (secondary N) is 2. The average Bonchev–Trinajstić information content (AvgIpc) is 3.37. The fourth-order valence-corrected chi connectivity index (χ4v) is 4.51. The van der Waals surface area contributed by atoms with Gasteiger partial charge in [-0.25, -0.2) is 13.8 Å². The molecule has 0 aliphatic heterocycles. The summed E-state index contributed by atoms with van der Waals surface area (Å²) < 4.78 is 32.0. The lowest BCUT2D eigenvalue weighted by Crippen LogP contribution is -2.17. The molecule has 6 nitrogen and oxygen atoms in total. The lowest BCUT2D eigenvalue weighted by molar-refractivity contribution is -0.113. The van der Waals surface area contributed by atoms with Crippen LogP contribution in [0.25, 0.3) is 21.5 Å². The Labute approximate surface area is 177 Å². The molecule has 0 saturated heterocycles. The van der Waals surface area contributed by atoms with Crippen molar-refractivity contribution < 1.29 is 18.0 Å². The molecule has 0 aliphatic carbocycles. The van der Waals surface area contributed by atoms with Crippen LogP contribution >= 0.6 is 23.1 Å². The van der Waals surface area contributed by atoms with Crippen LogP contribution in [0.15, 0.2) is 51.2 Å². The standard InChI is InChI=1S/C20H15F2N3O3S2/c1-10(29-9-16(26)23-14-5-4-11(21)7-13(14)22)18-24-19(27)17-12(8-30-20(17)25-18)15-3-2-6-28-15/h2-8,10H,9H2,1H3,(H,23,26)(H,24,25,27). The van der Waals surface area contributed by atoms with Crippen molar-refractivity contribution in [1.29, 1.82) is 0 Å². The summed E-state index contributed by atoms with van der Waals surface area (Å²) in [6.07, 6.45) is 1.54. The molecule has 0 saturated carbocycles. The summed E-state index contributed by atoms with van der Waals surface area (Å²) in [6.45, 7) is 1.81. The molecule has 0 bridgehead atoms. The Morgan fingerprint density at radius 1 is 1.37 bits per heavy atom. The van der Waals surface area contributed by atoms with E-state index in [0.29, 0.717) is 33.4 Å². The molecule has 154 valence electrons. The van der Waals surface area contributed by atoms with Gasteiger partial charge in [0.25, 0.3) is 5.56 Å². The summed E-state index contributed by atoms with van der Waals surface area (Å²) in [5, 5.41) is 4.39. The highest BCUT2D eigenvalue weighted by Crippen LogP contribution is 2.33. The Morgan fingerprint density at radius 2 is 2.20 bits per heavy atom. The second-order valence-electron chi connectivity index (χ2n) is 6.38. The van der Waals surface area contributed by atoms with Crippen LogP contribution in [0.2, 0.25) is 0 Å². The largest absolute Gasteiger partial charge is 0.464 e. The summed E-state index contributed by atoms with van der Waals surface area (Å²) in [5.41, 5.74) is 0.306. The molecule has 30 heavy (non-hydrogen) atoms. The van der Waals surface area contributed by atoms with Crippen molar-refractivity contribution in [3.8, 4) is 11.3 Å². The minimum atomic E-state index is -0.845. The number of halogens is 2. The van der Waals surface area contributed by atoms with E-state index >= 15 is 0 Å². The van der Waals surface area contributed by atoms with E-state index in [0.717, 1.165) is 12.1 Å². The predicted octanol–water partition coefficient (Wildman–Crippen LogP) is 4.96. The number of rotatable bonds is 6. The molecule has 1 amide bonds. The Bertz CT molecular complexity index is 1270. The van der Waals surface area contributed by atoms with Gasteiger partial charge in [-0.15, -0.1) is 23.1 Å². The molecule has 3 heterocycles. The zero-order valence-corrected chi connectivity index (χ0v) is 17.2. The molecule has 4 aromatic rings. The number of aromatic nitrogens is 2. The number of H-pyrrole nitrogens is 1. The monoisotopic (exact) mass is 447 g/mol. The molecule has 0 spiro atoms. The van der Waals surface area contributed by atoms with E-state index in [9.17, 15) is 18.4 Å². The van der Waals surface area contributed by atoms with Crippen LogP contribution in [0.5, 0.6) is 0 Å². The van der Waals surface area contributed by atoms with E-state index in [2.05, 4.69) is 15.3 Å². The van der Waals surface area contributed by atoms with E-state index in [1.165, 1.54) is 29.4 Å². The van der Waals surface area contributed by atoms with Gasteiger partial charge in [0.15, 0.2) is 0 Å². The van der Waals surface area contributed by atoms with Gasteiger partial charge in [0.1, 0.15) is 28.0 Å². The van der Waals surface area contributed by atoms with Gasteiger partial charge in [0.05, 0.1) is 28.3 Å². The Morgan fingerprint density at radius 3 is 2.93 bits per heavy atom. The highest BCUT2D eigenvalue weighted by Gasteiger charge is 2.18. The number of anilines is 1. The number of carbonyl (C=O) groups excluding carboxylic acids is 1. The molecular formula is C20H15F2N3O3S2. The molecular weight excluding hydrogens is 432 g/mol. The molecule has 0 fully saturated rings. The molecule has 1 atom stereocenters. The number of hydrogen-bond donors (Lipinski definition) is 2. The van der Waals surface area contributed by atoms with E-state index in [-0.39, 0.29) is 22.2 Å². The van der Waals surface area contributed by atoms with Crippen LogP contribution < -0.4 is 10.9 Å². The number of aromatic amines is 1. The van der Waals surface area contributed by atoms with Crippen molar-refractivity contribution in [2.75, 3.05) is 11.1 Å². The minimum Gasteiger partial charge on any atom is -0.464 e. The van der Waals surface area contributed by atoms with Crippen molar-refractivity contribution >= 4 is 44.9 Å². The van der Waals surface area contributed by atoms with Crippen LogP contribution in [0.1, 0.15) is 18.0 Å². The molecule has 1 aromatic carbocycles. The summed E-state index contributed by atoms with van der Waals surface area (Å²) in [5.74, 6) is -0.982. The first-order valence-corrected chi connectivity index (χ1v) is 10.8. The van der Waals surface area contributed by atoms with Gasteiger partial charge in [0, 0.05) is 17.0 Å². The van der Waals surface area contributed by atoms with Gasteiger partial charge in [-0.05, 0) is 31.2 Å². The molecule has 10 heteroatoms. The maximum Gasteiger partial charge on any atom is 0.260 e. The molecule has 0 radical (unpaired) electrons. The fraction of sp³-hybridized carbons (Fsp3) is 0.150. The highest BCUT2D eigenvalue weighted by atomic mass is 32.2. The SMILES string of the molecule is CC(SCC(=O)Nc1ccc(F)cc1F)c1nc2scc(-c3ccco3)c2c(=O)[nH]1. The average molecular weight is 447 g/mol. The third-order valence-corrected chi connectivity index (χ3v) is 6.33. The second-order valence-corrected chi connectivity index (χ2v) is 8.57. The maximum absolute atomic E-state index is 13.7. The predicted molar refractivity (Wildman–Crippen MR) is 114 cm³/mol. The first-order valence-electron chi connectivity index (χ1n) is 8.84. The lowest BCUT2D eigenvalue weighted by atomic mass is 10.2. The zero-order valence-electron chi connectivity index (χ0n) is 15.6. The number of thiophene rings is 1. The maximum atomic E-state index is 13.7. The summed E-state index contributed by atoms with van der Waals surface area (Å²) in [4.78, 5) is 32.6. The molecule has 3 aromatic heterocycles. The Kier molecular flexibility index (Phi) is 5.69. The van der Waals surface area contributed by atoms with E-state index in [1.807, 2.05) is 12.3 Å². The van der Waals surface area contributed by atoms with Gasteiger partial charge >= 0.3 is 0 Å². The molecule has 2 N–H and O–H groups in total. The smallest absolute Gasteiger partial charge is 0.260 e. The van der Waals surface area contributed by atoms with Crippen molar-refractivity contribution in [2.24, 2.45) is 0 Å². The molecule has 4 rings (SSSR count). The summed E-state index contributed by atoms with van der Waals surface area (Å²) in [7, 11) is 0. The van der Waals surface area contributed by atoms with E-state index < -0.39 is 17.5 Å². The number of amides is 1. The van der Waals surface area contributed by atoms with Crippen molar-refractivity contribution in [2.45, 2.75) is 12.2 Å². The fourth-order valence-electron chi connectivity index (χ4n) is 2.83. The summed E-state index contributed by atoms with van der Waals surface area (Å²) in [6, 6.07) is 6.45. The Balaban J connectivity index is 1.46. The number of furan rings is 1. The number of nitrogens with zero attached hydrogens (tertiary/aromatic N) is 1. The number of thioether (sulfide) groups is 1. The third-order valence-electron chi connectivity index (χ3n) is 4.30. The number of hydrogen-bond acceptors (Lipinski definition) is 6. The topological polar surface area (TPSA) is 88.0 Å². The third kappa shape index (κ3) is 4.14. The van der Waals surface area contributed by atoms with Gasteiger partial charge in [-0.3, -0.25) is 9.59 Å². The van der Waals surface area contributed by atoms with Crippen LogP contribution in [-0.2, 0) is 4.79 Å². The first-order chi connectivity index (χ1) is 14.4. The van der Waals surface area contributed by atoms with Crippen molar-refractivity contribution in [1.82, 2.24) is 9.97 Å². The normalized spacial score (nSPS) is 12.2. The van der Waals surface area contributed by atoms with Crippen molar-refractivity contribution in [3.05, 3.63) is 69.8 Å². The van der Waals surface area contributed by atoms with Crippen LogP contribution in [0.4, 0.5) is 14.5 Å². The highest BCUT2D eigenvalue weighted by molar-refractivity contribution is 8.00.